The molecule has 0 spiro atoms. The minimum Gasteiger partial charge on any atom is -0.467 e. The van der Waals surface area contributed by atoms with Crippen LogP contribution < -0.4 is 16.0 Å². The van der Waals surface area contributed by atoms with Crippen LogP contribution in [0.15, 0.2) is 58.1 Å². The maximum Gasteiger partial charge on any atom is 0.239 e. The van der Waals surface area contributed by atoms with Crippen molar-refractivity contribution >= 4 is 11.9 Å². The molecule has 1 aromatic carbocycles. The number of amides is 1. The number of furan rings is 1. The highest BCUT2D eigenvalue weighted by Gasteiger charge is 2.04. The fraction of sp³-hybridized carbons (Fsp3) is 0.294. The molecule has 0 fully saturated rings. The molecular weight excluding hydrogens is 292 g/mol. The van der Waals surface area contributed by atoms with Crippen LogP contribution in [0.4, 0.5) is 0 Å². The van der Waals surface area contributed by atoms with Crippen LogP contribution in [-0.2, 0) is 17.8 Å². The first-order valence-corrected chi connectivity index (χ1v) is 7.55. The van der Waals surface area contributed by atoms with E-state index in [1.807, 2.05) is 42.5 Å². The molecule has 6 nitrogen and oxygen atoms in total. The van der Waals surface area contributed by atoms with Gasteiger partial charge >= 0.3 is 0 Å². The summed E-state index contributed by atoms with van der Waals surface area (Å²) in [5.74, 6) is 1.29. The highest BCUT2D eigenvalue weighted by Crippen LogP contribution is 1.98. The van der Waals surface area contributed by atoms with E-state index in [0.717, 1.165) is 12.2 Å². The number of nitrogens with one attached hydrogen (secondary N) is 3. The Hall–Kier alpha value is -2.76. The second kappa shape index (κ2) is 9.30. The van der Waals surface area contributed by atoms with Crippen LogP contribution >= 0.6 is 0 Å². The quantitative estimate of drug-likeness (QED) is 0.532. The summed E-state index contributed by atoms with van der Waals surface area (Å²) in [5.41, 5.74) is 1.21. The highest BCUT2D eigenvalue weighted by atomic mass is 16.3. The van der Waals surface area contributed by atoms with Crippen molar-refractivity contribution in [1.29, 1.82) is 0 Å². The average Bonchev–Trinajstić information content (AvgIpc) is 3.09. The van der Waals surface area contributed by atoms with Gasteiger partial charge in [0.05, 0.1) is 19.4 Å². The van der Waals surface area contributed by atoms with Crippen LogP contribution in [-0.4, -0.2) is 32.0 Å². The third-order valence-corrected chi connectivity index (χ3v) is 3.23. The van der Waals surface area contributed by atoms with E-state index in [2.05, 4.69) is 20.9 Å². The van der Waals surface area contributed by atoms with Crippen molar-refractivity contribution in [3.63, 3.8) is 0 Å². The summed E-state index contributed by atoms with van der Waals surface area (Å²) < 4.78 is 5.22. The topological polar surface area (TPSA) is 78.7 Å². The molecule has 1 heterocycles. The molecule has 3 N–H and O–H groups in total. The van der Waals surface area contributed by atoms with E-state index in [9.17, 15) is 4.79 Å². The predicted octanol–water partition coefficient (Wildman–Crippen LogP) is 1.30. The number of aliphatic imine (C=N–C) groups is 1. The van der Waals surface area contributed by atoms with Gasteiger partial charge < -0.3 is 20.4 Å². The monoisotopic (exact) mass is 314 g/mol. The largest absolute Gasteiger partial charge is 0.467 e. The van der Waals surface area contributed by atoms with Gasteiger partial charge in [0.1, 0.15) is 5.76 Å². The lowest BCUT2D eigenvalue weighted by molar-refractivity contribution is -0.119. The third kappa shape index (κ3) is 6.25. The van der Waals surface area contributed by atoms with Crippen molar-refractivity contribution in [3.8, 4) is 0 Å². The summed E-state index contributed by atoms with van der Waals surface area (Å²) >= 11 is 0. The van der Waals surface area contributed by atoms with Crippen LogP contribution in [0.2, 0.25) is 0 Å². The average molecular weight is 314 g/mol. The molecule has 0 bridgehead atoms. The predicted molar refractivity (Wildman–Crippen MR) is 90.1 cm³/mol. The van der Waals surface area contributed by atoms with Gasteiger partial charge in [-0.25, -0.2) is 0 Å². The summed E-state index contributed by atoms with van der Waals surface area (Å²) in [5, 5.41) is 8.92. The minimum atomic E-state index is -0.0677. The Balaban J connectivity index is 1.62. The summed E-state index contributed by atoms with van der Waals surface area (Å²) in [6, 6.07) is 13.8. The van der Waals surface area contributed by atoms with E-state index in [1.165, 1.54) is 5.56 Å². The van der Waals surface area contributed by atoms with Gasteiger partial charge in [-0.1, -0.05) is 30.3 Å². The second-order valence-corrected chi connectivity index (χ2v) is 4.94. The summed E-state index contributed by atoms with van der Waals surface area (Å²) in [6.07, 6.45) is 2.44. The molecule has 2 rings (SSSR count). The van der Waals surface area contributed by atoms with Gasteiger partial charge in [0.15, 0.2) is 5.96 Å². The lowest BCUT2D eigenvalue weighted by atomic mass is 10.1. The van der Waals surface area contributed by atoms with E-state index in [-0.39, 0.29) is 12.5 Å². The molecule has 122 valence electrons. The first-order valence-electron chi connectivity index (χ1n) is 7.55. The minimum absolute atomic E-state index is 0.0677. The molecule has 2 aromatic rings. The molecule has 0 aliphatic heterocycles. The number of carbonyl (C=O) groups is 1. The summed E-state index contributed by atoms with van der Waals surface area (Å²) in [4.78, 5) is 15.9. The summed E-state index contributed by atoms with van der Waals surface area (Å²) in [7, 11) is 1.66. The molecule has 1 amide bonds. The number of carbonyl (C=O) groups excluding carboxylic acids is 1. The molecule has 0 unspecified atom stereocenters. The molecule has 0 atom stereocenters. The van der Waals surface area contributed by atoms with E-state index >= 15 is 0 Å². The number of hydrogen-bond donors (Lipinski definition) is 3. The van der Waals surface area contributed by atoms with Crippen molar-refractivity contribution in [2.24, 2.45) is 4.99 Å². The molecular formula is C17H22N4O2. The second-order valence-electron chi connectivity index (χ2n) is 4.94. The van der Waals surface area contributed by atoms with Crippen LogP contribution in [0.5, 0.6) is 0 Å². The molecule has 0 saturated heterocycles. The highest BCUT2D eigenvalue weighted by molar-refractivity contribution is 5.86. The van der Waals surface area contributed by atoms with Crippen LogP contribution in [0.25, 0.3) is 0 Å². The lowest BCUT2D eigenvalue weighted by Crippen LogP contribution is -2.43. The van der Waals surface area contributed by atoms with Gasteiger partial charge in [0.25, 0.3) is 0 Å². The van der Waals surface area contributed by atoms with E-state index < -0.39 is 0 Å². The van der Waals surface area contributed by atoms with Crippen molar-refractivity contribution in [3.05, 3.63) is 60.1 Å². The first kappa shape index (κ1) is 16.6. The molecule has 0 saturated carbocycles. The zero-order valence-corrected chi connectivity index (χ0v) is 13.2. The van der Waals surface area contributed by atoms with E-state index in [0.29, 0.717) is 19.0 Å². The molecule has 0 aliphatic carbocycles. The fourth-order valence-corrected chi connectivity index (χ4v) is 2.02. The Kier molecular flexibility index (Phi) is 6.71. The van der Waals surface area contributed by atoms with Crippen molar-refractivity contribution in [1.82, 2.24) is 16.0 Å². The van der Waals surface area contributed by atoms with Crippen LogP contribution in [0.1, 0.15) is 11.3 Å². The zero-order valence-electron chi connectivity index (χ0n) is 13.2. The maximum atomic E-state index is 11.8. The molecule has 1 aromatic heterocycles. The van der Waals surface area contributed by atoms with Crippen molar-refractivity contribution < 1.29 is 9.21 Å². The van der Waals surface area contributed by atoms with Gasteiger partial charge in [-0.05, 0) is 24.1 Å². The van der Waals surface area contributed by atoms with Gasteiger partial charge in [0, 0.05) is 13.6 Å². The third-order valence-electron chi connectivity index (χ3n) is 3.23. The van der Waals surface area contributed by atoms with E-state index in [4.69, 9.17) is 4.42 Å². The summed E-state index contributed by atoms with van der Waals surface area (Å²) in [6.45, 7) is 1.30. The Morgan fingerprint density at radius 2 is 1.91 bits per heavy atom. The molecule has 0 radical (unpaired) electrons. The molecule has 0 aliphatic rings. The number of rotatable bonds is 7. The molecule has 23 heavy (non-hydrogen) atoms. The smallest absolute Gasteiger partial charge is 0.239 e. The SMILES string of the molecule is CN=C(NCC(=O)NCCc1ccccc1)NCc1ccco1. The van der Waals surface area contributed by atoms with Crippen LogP contribution in [0, 0.1) is 0 Å². The van der Waals surface area contributed by atoms with Gasteiger partial charge in [0.2, 0.25) is 5.91 Å². The first-order chi connectivity index (χ1) is 11.3. The van der Waals surface area contributed by atoms with E-state index in [1.54, 1.807) is 13.3 Å². The maximum absolute atomic E-state index is 11.8. The fourth-order valence-electron chi connectivity index (χ4n) is 2.02. The van der Waals surface area contributed by atoms with Gasteiger partial charge in [-0.2, -0.15) is 0 Å². The zero-order chi connectivity index (χ0) is 16.3. The number of guanidine groups is 1. The number of nitrogens with zero attached hydrogens (tertiary/aromatic N) is 1. The lowest BCUT2D eigenvalue weighted by Gasteiger charge is -2.11. The Morgan fingerprint density at radius 3 is 2.61 bits per heavy atom. The number of hydrogen-bond acceptors (Lipinski definition) is 3. The van der Waals surface area contributed by atoms with Crippen molar-refractivity contribution in [2.75, 3.05) is 20.1 Å². The standard InChI is InChI=1S/C17H22N4O2/c1-18-17(20-12-15-8-5-11-23-15)21-13-16(22)19-10-9-14-6-3-2-4-7-14/h2-8,11H,9-10,12-13H2,1H3,(H,19,22)(H2,18,20,21). The number of benzene rings is 1. The van der Waals surface area contributed by atoms with Crippen molar-refractivity contribution in [2.45, 2.75) is 13.0 Å². The molecule has 6 heteroatoms. The Bertz CT molecular complexity index is 609. The van der Waals surface area contributed by atoms with Gasteiger partial charge in [-0.3, -0.25) is 9.79 Å². The van der Waals surface area contributed by atoms with Gasteiger partial charge in [-0.15, -0.1) is 0 Å². The Morgan fingerprint density at radius 1 is 1.09 bits per heavy atom. The normalized spacial score (nSPS) is 11.1. The van der Waals surface area contributed by atoms with Crippen LogP contribution in [0.3, 0.4) is 0 Å². The Labute approximate surface area is 136 Å².